The number of fused-ring (bicyclic) bond motifs is 1. The number of nitrogens with one attached hydrogen (secondary N) is 1. The van der Waals surface area contributed by atoms with Gasteiger partial charge in [0.05, 0.1) is 5.69 Å². The van der Waals surface area contributed by atoms with Crippen LogP contribution in [0, 0.1) is 5.92 Å². The number of hydrogen-bond donors (Lipinski definition) is 1. The molecule has 1 saturated heterocycles. The molecule has 18 heavy (non-hydrogen) atoms. The van der Waals surface area contributed by atoms with E-state index in [1.807, 2.05) is 31.3 Å². The number of ether oxygens (including phenoxy) is 1. The van der Waals surface area contributed by atoms with Crippen molar-refractivity contribution in [2.24, 2.45) is 5.92 Å². The van der Waals surface area contributed by atoms with Gasteiger partial charge in [-0.3, -0.25) is 4.79 Å². The lowest BCUT2D eigenvalue weighted by atomic mass is 9.92. The number of carbonyl (C=O) groups excluding carboxylic acids is 1. The van der Waals surface area contributed by atoms with Crippen molar-refractivity contribution in [2.75, 3.05) is 25.0 Å². The second-order valence-corrected chi connectivity index (χ2v) is 5.01. The van der Waals surface area contributed by atoms with E-state index in [1.165, 1.54) is 0 Å². The number of carbonyl (C=O) groups is 1. The summed E-state index contributed by atoms with van der Waals surface area (Å²) in [4.78, 5) is 14.1. The summed E-state index contributed by atoms with van der Waals surface area (Å²) >= 11 is 0. The lowest BCUT2D eigenvalue weighted by Gasteiger charge is -2.37. The summed E-state index contributed by atoms with van der Waals surface area (Å²) in [6.45, 7) is 1.91. The predicted molar refractivity (Wildman–Crippen MR) is 69.9 cm³/mol. The van der Waals surface area contributed by atoms with Crippen LogP contribution in [0.25, 0.3) is 0 Å². The molecule has 0 spiro atoms. The van der Waals surface area contributed by atoms with Crippen molar-refractivity contribution in [3.63, 3.8) is 0 Å². The van der Waals surface area contributed by atoms with Gasteiger partial charge in [-0.25, -0.2) is 0 Å². The zero-order valence-electron chi connectivity index (χ0n) is 10.6. The van der Waals surface area contributed by atoms with Crippen LogP contribution in [0.3, 0.4) is 0 Å². The largest absolute Gasteiger partial charge is 0.478 e. The number of rotatable bonds is 1. The van der Waals surface area contributed by atoms with Crippen molar-refractivity contribution in [3.05, 3.63) is 24.3 Å². The monoisotopic (exact) mass is 246 g/mol. The van der Waals surface area contributed by atoms with Crippen LogP contribution >= 0.6 is 0 Å². The van der Waals surface area contributed by atoms with Crippen LogP contribution < -0.4 is 15.0 Å². The molecule has 4 nitrogen and oxygen atoms in total. The molecular formula is C14H18N2O2. The van der Waals surface area contributed by atoms with E-state index in [1.54, 1.807) is 4.90 Å². The highest BCUT2D eigenvalue weighted by atomic mass is 16.5. The average molecular weight is 246 g/mol. The quantitative estimate of drug-likeness (QED) is 0.814. The molecule has 1 amide bonds. The number of para-hydroxylation sites is 2. The molecular weight excluding hydrogens is 228 g/mol. The summed E-state index contributed by atoms with van der Waals surface area (Å²) in [5.41, 5.74) is 0.863. The van der Waals surface area contributed by atoms with E-state index in [0.29, 0.717) is 0 Å². The molecule has 1 fully saturated rings. The molecule has 96 valence electrons. The van der Waals surface area contributed by atoms with Gasteiger partial charge in [-0.2, -0.15) is 0 Å². The van der Waals surface area contributed by atoms with E-state index < -0.39 is 0 Å². The van der Waals surface area contributed by atoms with Crippen molar-refractivity contribution in [3.8, 4) is 5.75 Å². The molecule has 0 saturated carbocycles. The molecule has 0 aliphatic carbocycles. The lowest BCUT2D eigenvalue weighted by molar-refractivity contribution is -0.128. The zero-order chi connectivity index (χ0) is 12.5. The van der Waals surface area contributed by atoms with Crippen LogP contribution in [0.5, 0.6) is 5.75 Å². The van der Waals surface area contributed by atoms with Crippen LogP contribution in [-0.2, 0) is 4.79 Å². The van der Waals surface area contributed by atoms with Gasteiger partial charge in [0.25, 0.3) is 5.91 Å². The maximum Gasteiger partial charge on any atom is 0.268 e. The molecule has 1 aromatic carbocycles. The SMILES string of the molecule is CN1C(=O)C(C2CCCNC2)Oc2ccccc21. The lowest BCUT2D eigenvalue weighted by Crippen LogP contribution is -2.51. The molecule has 2 unspecified atom stereocenters. The summed E-state index contributed by atoms with van der Waals surface area (Å²) in [5, 5.41) is 3.34. The summed E-state index contributed by atoms with van der Waals surface area (Å²) in [7, 11) is 1.83. The van der Waals surface area contributed by atoms with E-state index >= 15 is 0 Å². The molecule has 0 bridgehead atoms. The first-order valence-electron chi connectivity index (χ1n) is 6.51. The Kier molecular flexibility index (Phi) is 2.96. The van der Waals surface area contributed by atoms with Gasteiger partial charge in [-0.15, -0.1) is 0 Å². The number of piperidine rings is 1. The normalized spacial score (nSPS) is 27.6. The number of likely N-dealkylation sites (N-methyl/N-ethyl adjacent to an activating group) is 1. The topological polar surface area (TPSA) is 41.6 Å². The molecule has 3 rings (SSSR count). The maximum atomic E-state index is 12.4. The Morgan fingerprint density at radius 2 is 2.22 bits per heavy atom. The van der Waals surface area contributed by atoms with Crippen molar-refractivity contribution >= 4 is 11.6 Å². The molecule has 0 radical (unpaired) electrons. The van der Waals surface area contributed by atoms with Crippen LogP contribution in [0.1, 0.15) is 12.8 Å². The standard InChI is InChI=1S/C14H18N2O2/c1-16-11-6-2-3-7-12(11)18-13(14(16)17)10-5-4-8-15-9-10/h2-3,6-7,10,13,15H,4-5,8-9H2,1H3. The molecule has 2 aliphatic rings. The minimum absolute atomic E-state index is 0.0717. The number of amides is 1. The highest BCUT2D eigenvalue weighted by molar-refractivity contribution is 5.99. The molecule has 4 heteroatoms. The van der Waals surface area contributed by atoms with E-state index in [4.69, 9.17) is 4.74 Å². The minimum Gasteiger partial charge on any atom is -0.478 e. The first kappa shape index (κ1) is 11.5. The van der Waals surface area contributed by atoms with Gasteiger partial charge in [-0.1, -0.05) is 12.1 Å². The molecule has 2 heterocycles. The summed E-state index contributed by atoms with van der Waals surface area (Å²) in [6.07, 6.45) is 1.83. The highest BCUT2D eigenvalue weighted by Crippen LogP contribution is 2.35. The average Bonchev–Trinajstić information content (AvgIpc) is 2.44. The molecule has 1 aromatic rings. The second-order valence-electron chi connectivity index (χ2n) is 5.01. The Labute approximate surface area is 107 Å². The van der Waals surface area contributed by atoms with Gasteiger partial charge >= 0.3 is 0 Å². The van der Waals surface area contributed by atoms with Gasteiger partial charge in [0.2, 0.25) is 0 Å². The van der Waals surface area contributed by atoms with Crippen LogP contribution in [0.2, 0.25) is 0 Å². The first-order valence-corrected chi connectivity index (χ1v) is 6.51. The highest BCUT2D eigenvalue weighted by Gasteiger charge is 2.38. The minimum atomic E-state index is -0.335. The van der Waals surface area contributed by atoms with Gasteiger partial charge in [0.1, 0.15) is 5.75 Å². The number of nitrogens with zero attached hydrogens (tertiary/aromatic N) is 1. The molecule has 1 N–H and O–H groups in total. The number of hydrogen-bond acceptors (Lipinski definition) is 3. The van der Waals surface area contributed by atoms with Crippen LogP contribution in [-0.4, -0.2) is 32.1 Å². The Bertz CT molecular complexity index is 455. The first-order chi connectivity index (χ1) is 8.77. The Morgan fingerprint density at radius 3 is 3.00 bits per heavy atom. The van der Waals surface area contributed by atoms with Gasteiger partial charge in [-0.05, 0) is 31.5 Å². The summed E-state index contributed by atoms with van der Waals surface area (Å²) in [6, 6.07) is 7.72. The Balaban J connectivity index is 1.88. The second kappa shape index (κ2) is 4.61. The molecule has 2 aliphatic heterocycles. The Hall–Kier alpha value is -1.55. The van der Waals surface area contributed by atoms with E-state index in [9.17, 15) is 4.79 Å². The smallest absolute Gasteiger partial charge is 0.268 e. The van der Waals surface area contributed by atoms with E-state index in [2.05, 4.69) is 5.32 Å². The van der Waals surface area contributed by atoms with Crippen LogP contribution in [0.15, 0.2) is 24.3 Å². The third kappa shape index (κ3) is 1.86. The molecule has 0 aromatic heterocycles. The number of anilines is 1. The van der Waals surface area contributed by atoms with Crippen molar-refractivity contribution in [1.29, 1.82) is 0 Å². The van der Waals surface area contributed by atoms with Gasteiger partial charge in [0, 0.05) is 19.5 Å². The fourth-order valence-corrected chi connectivity index (χ4v) is 2.77. The van der Waals surface area contributed by atoms with E-state index in [0.717, 1.165) is 37.4 Å². The molecule has 2 atom stereocenters. The third-order valence-electron chi connectivity index (χ3n) is 3.82. The van der Waals surface area contributed by atoms with Crippen molar-refractivity contribution < 1.29 is 9.53 Å². The fraction of sp³-hybridized carbons (Fsp3) is 0.500. The van der Waals surface area contributed by atoms with Gasteiger partial charge in [0.15, 0.2) is 6.10 Å². The summed E-state index contributed by atoms with van der Waals surface area (Å²) < 4.78 is 5.92. The van der Waals surface area contributed by atoms with Crippen molar-refractivity contribution in [2.45, 2.75) is 18.9 Å². The van der Waals surface area contributed by atoms with Crippen LogP contribution in [0.4, 0.5) is 5.69 Å². The Morgan fingerprint density at radius 1 is 1.39 bits per heavy atom. The summed E-state index contributed by atoms with van der Waals surface area (Å²) in [5.74, 6) is 1.17. The van der Waals surface area contributed by atoms with E-state index in [-0.39, 0.29) is 17.9 Å². The predicted octanol–water partition coefficient (Wildman–Crippen LogP) is 1.41. The van der Waals surface area contributed by atoms with Gasteiger partial charge < -0.3 is 15.0 Å². The fourth-order valence-electron chi connectivity index (χ4n) is 2.77. The van der Waals surface area contributed by atoms with Crippen molar-refractivity contribution in [1.82, 2.24) is 5.32 Å². The zero-order valence-corrected chi connectivity index (χ0v) is 10.6. The maximum absolute atomic E-state index is 12.4. The third-order valence-corrected chi connectivity index (χ3v) is 3.82. The number of benzene rings is 1.